The molecule has 2 aromatic carbocycles. The summed E-state index contributed by atoms with van der Waals surface area (Å²) in [5, 5.41) is 17.1. The Morgan fingerprint density at radius 3 is 2.33 bits per heavy atom. The van der Waals surface area contributed by atoms with E-state index >= 15 is 4.39 Å². The number of carbonyl (C=O) groups is 3. The van der Waals surface area contributed by atoms with E-state index in [1.807, 2.05) is 24.3 Å². The van der Waals surface area contributed by atoms with Crippen LogP contribution in [-0.4, -0.2) is 108 Å². The highest BCUT2D eigenvalue weighted by molar-refractivity contribution is 6.05. The average molecular weight is 910 g/mol. The molecule has 3 N–H and O–H groups in total. The van der Waals surface area contributed by atoms with Crippen molar-refractivity contribution in [1.82, 2.24) is 39.4 Å². The third-order valence-electron chi connectivity index (χ3n) is 15.5. The van der Waals surface area contributed by atoms with Crippen molar-refractivity contribution < 1.29 is 23.9 Å². The fourth-order valence-electron chi connectivity index (χ4n) is 11.4. The summed E-state index contributed by atoms with van der Waals surface area (Å²) < 4.78 is 17.9. The number of amides is 3. The Morgan fingerprint density at radius 2 is 1.57 bits per heavy atom. The molecule has 0 radical (unpaired) electrons. The van der Waals surface area contributed by atoms with Gasteiger partial charge in [0.2, 0.25) is 17.8 Å². The zero-order valence-electron chi connectivity index (χ0n) is 37.8. The molecule has 348 valence electrons. The lowest BCUT2D eigenvalue weighted by Gasteiger charge is -2.49. The number of aromatic nitrogens is 5. The number of carbonyl (C=O) groups excluding carboxylic acids is 3. The van der Waals surface area contributed by atoms with Gasteiger partial charge in [-0.3, -0.25) is 29.4 Å². The summed E-state index contributed by atoms with van der Waals surface area (Å²) in [6, 6.07) is 19.6. The Morgan fingerprint density at radius 1 is 0.821 bits per heavy atom. The van der Waals surface area contributed by atoms with Crippen LogP contribution in [0.4, 0.5) is 27.4 Å². The second kappa shape index (κ2) is 17.0. The molecule has 2 atom stereocenters. The highest BCUT2D eigenvalue weighted by atomic mass is 19.1. The number of imide groups is 1. The number of halogens is 1. The molecule has 1 spiro atoms. The number of aliphatic hydroxyl groups is 1. The van der Waals surface area contributed by atoms with Crippen molar-refractivity contribution in [2.24, 2.45) is 5.41 Å². The Hall–Kier alpha value is -6.46. The molecule has 17 heteroatoms. The fraction of sp³-hybridized carbons (Fsp3) is 0.460. The van der Waals surface area contributed by atoms with Crippen LogP contribution in [-0.2, 0) is 28.3 Å². The molecule has 1 aliphatic carbocycles. The molecule has 4 fully saturated rings. The zero-order chi connectivity index (χ0) is 46.0. The summed E-state index contributed by atoms with van der Waals surface area (Å²) in [7, 11) is 0. The summed E-state index contributed by atoms with van der Waals surface area (Å²) >= 11 is 0. The summed E-state index contributed by atoms with van der Waals surface area (Å²) in [6.45, 7) is 7.64. The molecule has 8 heterocycles. The van der Waals surface area contributed by atoms with Crippen LogP contribution in [0.5, 0.6) is 0 Å². The van der Waals surface area contributed by atoms with Gasteiger partial charge >= 0.3 is 0 Å². The molecule has 3 saturated heterocycles. The fourth-order valence-corrected chi connectivity index (χ4v) is 11.4. The van der Waals surface area contributed by atoms with Gasteiger partial charge in [-0.05, 0) is 124 Å². The van der Waals surface area contributed by atoms with Crippen molar-refractivity contribution in [2.75, 3.05) is 54.4 Å². The number of anilines is 4. The number of allylic oxidation sites excluding steroid dienone is 2. The minimum atomic E-state index is -1.29. The monoisotopic (exact) mass is 909 g/mol. The van der Waals surface area contributed by atoms with E-state index in [2.05, 4.69) is 48.5 Å². The molecule has 5 aromatic rings. The van der Waals surface area contributed by atoms with Gasteiger partial charge in [-0.2, -0.15) is 4.98 Å². The Bertz CT molecular complexity index is 2850. The molecule has 5 aliphatic heterocycles. The first-order valence-corrected chi connectivity index (χ1v) is 23.8. The molecule has 3 amide bonds. The molecule has 1 unspecified atom stereocenters. The average Bonchev–Trinajstić information content (AvgIpc) is 3.80. The van der Waals surface area contributed by atoms with Crippen molar-refractivity contribution >= 4 is 51.8 Å². The Balaban J connectivity index is 0.680. The van der Waals surface area contributed by atoms with Crippen molar-refractivity contribution in [3.05, 3.63) is 106 Å². The van der Waals surface area contributed by atoms with E-state index in [9.17, 15) is 24.3 Å². The smallest absolute Gasteiger partial charge is 0.278 e. The third-order valence-corrected chi connectivity index (χ3v) is 15.5. The van der Waals surface area contributed by atoms with Crippen molar-refractivity contribution in [1.29, 1.82) is 0 Å². The lowest BCUT2D eigenvalue weighted by Crippen LogP contribution is -2.52. The summed E-state index contributed by atoms with van der Waals surface area (Å²) in [5.74, 6) is -0.644. The van der Waals surface area contributed by atoms with E-state index < -0.39 is 23.0 Å². The molecular formula is C50H56FN11O5. The van der Waals surface area contributed by atoms with Crippen molar-refractivity contribution in [3.63, 3.8) is 0 Å². The molecule has 11 rings (SSSR count). The van der Waals surface area contributed by atoms with E-state index in [0.717, 1.165) is 74.7 Å². The first kappa shape index (κ1) is 43.1. The van der Waals surface area contributed by atoms with Gasteiger partial charge < -0.3 is 25.1 Å². The first-order chi connectivity index (χ1) is 32.4. The van der Waals surface area contributed by atoms with Gasteiger partial charge in [0.25, 0.3) is 11.5 Å². The van der Waals surface area contributed by atoms with E-state index in [0.29, 0.717) is 41.5 Å². The lowest BCUT2D eigenvalue weighted by molar-refractivity contribution is -0.136. The molecule has 6 aliphatic rings. The molecule has 67 heavy (non-hydrogen) atoms. The minimum absolute atomic E-state index is 0.123. The number of fused-ring (bicyclic) bond motifs is 7. The van der Waals surface area contributed by atoms with Crippen LogP contribution in [0.2, 0.25) is 0 Å². The number of hydrogen-bond acceptors (Lipinski definition) is 12. The SMILES string of the molecule is C[C@@]1(O)CC/C=C(/F)Cn2c(=O)c3cnc(Nc4ccc(N5CCN(C6CCC7(CC6)CCN(c6ccc8c(c6)C(=O)N(C6CCC(=O)NC6=O)C8)CC7)CC5)cc4)nc3n2-c2cccc1n2. The third kappa shape index (κ3) is 8.15. The maximum Gasteiger partial charge on any atom is 0.278 e. The number of piperazine rings is 1. The highest BCUT2D eigenvalue weighted by Crippen LogP contribution is 2.47. The van der Waals surface area contributed by atoms with Crippen LogP contribution >= 0.6 is 0 Å². The number of pyridine rings is 1. The molecular weight excluding hydrogens is 854 g/mol. The van der Waals surface area contributed by atoms with Crippen LogP contribution in [0.1, 0.15) is 92.7 Å². The van der Waals surface area contributed by atoms with Gasteiger partial charge in [-0.25, -0.2) is 23.7 Å². The maximum atomic E-state index is 15.2. The summed E-state index contributed by atoms with van der Waals surface area (Å²) in [5.41, 5.74) is 3.96. The Kier molecular flexibility index (Phi) is 10.9. The van der Waals surface area contributed by atoms with E-state index in [1.165, 1.54) is 47.3 Å². The van der Waals surface area contributed by atoms with Crippen LogP contribution in [0.3, 0.4) is 0 Å². The number of benzene rings is 2. The van der Waals surface area contributed by atoms with Crippen LogP contribution in [0.15, 0.2) is 83.6 Å². The number of hydrogen-bond donors (Lipinski definition) is 3. The predicted octanol–water partition coefficient (Wildman–Crippen LogP) is 5.69. The molecule has 3 aromatic heterocycles. The van der Waals surface area contributed by atoms with Gasteiger partial charge in [0.15, 0.2) is 11.5 Å². The number of piperidine rings is 2. The normalized spacial score (nSPS) is 24.5. The Labute approximate surface area is 387 Å². The predicted molar refractivity (Wildman–Crippen MR) is 251 cm³/mol. The van der Waals surface area contributed by atoms with Gasteiger partial charge in [-0.15, -0.1) is 0 Å². The van der Waals surface area contributed by atoms with Crippen LogP contribution in [0, 0.1) is 5.41 Å². The molecule has 16 nitrogen and oxygen atoms in total. The van der Waals surface area contributed by atoms with Gasteiger partial charge in [-0.1, -0.05) is 18.2 Å². The number of rotatable bonds is 6. The molecule has 1 saturated carbocycles. The maximum absolute atomic E-state index is 15.2. The van der Waals surface area contributed by atoms with Gasteiger partial charge in [0.05, 0.1) is 12.2 Å². The quantitative estimate of drug-likeness (QED) is 0.178. The summed E-state index contributed by atoms with van der Waals surface area (Å²) in [4.78, 5) is 74.3. The lowest BCUT2D eigenvalue weighted by atomic mass is 9.66. The number of nitrogens with zero attached hydrogens (tertiary/aromatic N) is 9. The number of nitrogens with one attached hydrogen (secondary N) is 2. The van der Waals surface area contributed by atoms with E-state index in [-0.39, 0.29) is 60.5 Å². The zero-order valence-corrected chi connectivity index (χ0v) is 37.8. The second-order valence-electron chi connectivity index (χ2n) is 19.6. The van der Waals surface area contributed by atoms with Crippen LogP contribution < -0.4 is 26.0 Å². The minimum Gasteiger partial charge on any atom is -0.384 e. The van der Waals surface area contributed by atoms with Crippen LogP contribution in [0.25, 0.3) is 16.9 Å². The molecule has 2 bridgehead atoms. The van der Waals surface area contributed by atoms with Crippen molar-refractivity contribution in [2.45, 2.75) is 102 Å². The topological polar surface area (TPSA) is 174 Å². The van der Waals surface area contributed by atoms with Crippen molar-refractivity contribution in [3.8, 4) is 5.82 Å². The van der Waals surface area contributed by atoms with E-state index in [4.69, 9.17) is 9.97 Å². The standard InChI is InChI=1S/C50H56FN11O5/c1-49(67)17-3-4-33(51)31-61-47(66)39-29-52-48(56-44(39)62(61)42-6-2-5-41(49)54-42)53-34-8-11-35(12-9-34)58-24-26-59(27-25-58)36-15-18-50(19-16-36)20-22-57(23-21-50)37-10-7-32-30-60(46(65)38(32)28-37)40-13-14-43(63)55-45(40)64/h2,4-12,28-29,36,40,67H,3,13-27,30-31H2,1H3,(H,52,53,56)(H,55,63,64)/b33-4+/t40?,49-/m1/s1. The van der Waals surface area contributed by atoms with Gasteiger partial charge in [0, 0.05) is 87.1 Å². The summed E-state index contributed by atoms with van der Waals surface area (Å²) in [6.07, 6.45) is 11.3. The van der Waals surface area contributed by atoms with Gasteiger partial charge in [0.1, 0.15) is 22.9 Å². The largest absolute Gasteiger partial charge is 0.384 e. The second-order valence-corrected chi connectivity index (χ2v) is 19.6. The van der Waals surface area contributed by atoms with E-state index in [1.54, 1.807) is 30.0 Å². The highest BCUT2D eigenvalue weighted by Gasteiger charge is 2.42. The first-order valence-electron chi connectivity index (χ1n) is 23.8.